The van der Waals surface area contributed by atoms with Gasteiger partial charge in [-0.1, -0.05) is 12.1 Å². The number of morpholine rings is 1. The number of aromatic nitrogens is 7. The molecule has 14 heteroatoms. The van der Waals surface area contributed by atoms with Gasteiger partial charge in [-0.2, -0.15) is 15.0 Å². The van der Waals surface area contributed by atoms with Gasteiger partial charge in [0.25, 0.3) is 6.43 Å². The van der Waals surface area contributed by atoms with Gasteiger partial charge in [0, 0.05) is 26.2 Å². The molecule has 1 N–H and O–H groups in total. The molecular weight excluding hydrogens is 510 g/mol. The van der Waals surface area contributed by atoms with Crippen LogP contribution in [0, 0.1) is 0 Å². The van der Waals surface area contributed by atoms with Crippen molar-refractivity contribution in [3.63, 3.8) is 0 Å². The number of hydrogen-bond acceptors (Lipinski definition) is 11. The second-order valence-corrected chi connectivity index (χ2v) is 9.45. The Morgan fingerprint density at radius 2 is 1.67 bits per heavy atom. The number of anilines is 3. The minimum atomic E-state index is -2.83. The summed E-state index contributed by atoms with van der Waals surface area (Å²) in [7, 11) is 2.09. The van der Waals surface area contributed by atoms with E-state index in [9.17, 15) is 8.78 Å². The number of alkyl halides is 2. The zero-order valence-corrected chi connectivity index (χ0v) is 21.4. The number of nitrogens with one attached hydrogen (secondary N) is 1. The molecule has 204 valence electrons. The molecule has 2 saturated heterocycles. The number of nitrogens with zero attached hydrogens (tertiary/aromatic N) is 9. The summed E-state index contributed by atoms with van der Waals surface area (Å²) >= 11 is 0. The van der Waals surface area contributed by atoms with Crippen molar-refractivity contribution in [1.82, 2.24) is 39.4 Å². The van der Waals surface area contributed by atoms with Gasteiger partial charge in [-0.15, -0.1) is 0 Å². The lowest BCUT2D eigenvalue weighted by Crippen LogP contribution is -2.37. The summed E-state index contributed by atoms with van der Waals surface area (Å²) in [6, 6.07) is 7.18. The SMILES string of the molecule is CN1CCC(Oc2ncc(Nc3nc(N4CCOCC4)nc(-n4c(C(F)F)nc5ccccc54)n3)cn2)CC1. The van der Waals surface area contributed by atoms with Crippen molar-refractivity contribution in [3.8, 4) is 12.0 Å². The van der Waals surface area contributed by atoms with Gasteiger partial charge < -0.3 is 24.6 Å². The molecule has 2 aliphatic rings. The van der Waals surface area contributed by atoms with Crippen molar-refractivity contribution < 1.29 is 18.3 Å². The highest BCUT2D eigenvalue weighted by molar-refractivity contribution is 5.77. The van der Waals surface area contributed by atoms with Crippen LogP contribution >= 0.6 is 0 Å². The van der Waals surface area contributed by atoms with Crippen LogP contribution in [-0.2, 0) is 4.74 Å². The third-order valence-corrected chi connectivity index (χ3v) is 6.71. The van der Waals surface area contributed by atoms with E-state index >= 15 is 0 Å². The smallest absolute Gasteiger partial charge is 0.316 e. The van der Waals surface area contributed by atoms with Crippen LogP contribution in [0.15, 0.2) is 36.7 Å². The first kappa shape index (κ1) is 25.2. The summed E-state index contributed by atoms with van der Waals surface area (Å²) in [5.74, 6) is 0.0835. The zero-order chi connectivity index (χ0) is 26.8. The molecule has 0 saturated carbocycles. The van der Waals surface area contributed by atoms with Gasteiger partial charge in [-0.25, -0.2) is 23.7 Å². The summed E-state index contributed by atoms with van der Waals surface area (Å²) in [5, 5.41) is 3.09. The number of likely N-dealkylation sites (tertiary alicyclic amines) is 1. The van der Waals surface area contributed by atoms with Gasteiger partial charge in [0.05, 0.1) is 42.3 Å². The van der Waals surface area contributed by atoms with E-state index in [-0.39, 0.29) is 18.0 Å². The van der Waals surface area contributed by atoms with Crippen LogP contribution in [0.3, 0.4) is 0 Å². The highest BCUT2D eigenvalue weighted by Crippen LogP contribution is 2.28. The molecule has 39 heavy (non-hydrogen) atoms. The molecule has 0 amide bonds. The lowest BCUT2D eigenvalue weighted by atomic mass is 10.1. The lowest BCUT2D eigenvalue weighted by molar-refractivity contribution is 0.105. The molecule has 2 aliphatic heterocycles. The highest BCUT2D eigenvalue weighted by Gasteiger charge is 2.25. The molecule has 0 atom stereocenters. The molecule has 0 bridgehead atoms. The van der Waals surface area contributed by atoms with Crippen molar-refractivity contribution in [2.45, 2.75) is 25.4 Å². The Hall–Kier alpha value is -4.04. The Balaban J connectivity index is 1.31. The third-order valence-electron chi connectivity index (χ3n) is 6.71. The average molecular weight is 539 g/mol. The molecule has 0 aliphatic carbocycles. The quantitative estimate of drug-likeness (QED) is 0.374. The summed E-state index contributed by atoms with van der Waals surface area (Å²) in [6.45, 7) is 4.07. The van der Waals surface area contributed by atoms with Crippen LogP contribution in [0.2, 0.25) is 0 Å². The maximum absolute atomic E-state index is 14.1. The largest absolute Gasteiger partial charge is 0.460 e. The van der Waals surface area contributed by atoms with E-state index < -0.39 is 12.2 Å². The lowest BCUT2D eigenvalue weighted by Gasteiger charge is -2.28. The zero-order valence-electron chi connectivity index (χ0n) is 21.4. The van der Waals surface area contributed by atoms with Crippen molar-refractivity contribution in [2.24, 2.45) is 0 Å². The second-order valence-electron chi connectivity index (χ2n) is 9.45. The minimum Gasteiger partial charge on any atom is -0.460 e. The van der Waals surface area contributed by atoms with Crippen LogP contribution in [0.25, 0.3) is 17.0 Å². The first-order chi connectivity index (χ1) is 19.0. The molecular formula is C25H28F2N10O2. The molecule has 0 radical (unpaired) electrons. The fourth-order valence-electron chi connectivity index (χ4n) is 4.64. The van der Waals surface area contributed by atoms with Crippen LogP contribution in [0.1, 0.15) is 25.1 Å². The molecule has 0 unspecified atom stereocenters. The number of para-hydroxylation sites is 2. The number of hydrogen-bond donors (Lipinski definition) is 1. The van der Waals surface area contributed by atoms with E-state index in [1.54, 1.807) is 36.7 Å². The second kappa shape index (κ2) is 11.0. The number of ether oxygens (including phenoxy) is 2. The molecule has 0 spiro atoms. The van der Waals surface area contributed by atoms with Gasteiger partial charge in [0.1, 0.15) is 6.10 Å². The monoisotopic (exact) mass is 538 g/mol. The van der Waals surface area contributed by atoms with Crippen LogP contribution in [0.5, 0.6) is 6.01 Å². The number of halogens is 2. The van der Waals surface area contributed by atoms with Gasteiger partial charge in [-0.3, -0.25) is 4.57 Å². The highest BCUT2D eigenvalue weighted by atomic mass is 19.3. The molecule has 2 fully saturated rings. The fraction of sp³-hybridized carbons (Fsp3) is 0.440. The van der Waals surface area contributed by atoms with Crippen molar-refractivity contribution in [1.29, 1.82) is 0 Å². The molecule has 4 aromatic rings. The summed E-state index contributed by atoms with van der Waals surface area (Å²) in [4.78, 5) is 30.6. The van der Waals surface area contributed by atoms with Crippen molar-refractivity contribution >= 4 is 28.6 Å². The third kappa shape index (κ3) is 5.56. The first-order valence-electron chi connectivity index (χ1n) is 12.8. The van der Waals surface area contributed by atoms with Crippen LogP contribution in [0.4, 0.5) is 26.4 Å². The molecule has 5 heterocycles. The number of fused-ring (bicyclic) bond motifs is 1. The van der Waals surface area contributed by atoms with E-state index in [4.69, 9.17) is 9.47 Å². The van der Waals surface area contributed by atoms with E-state index in [1.165, 1.54) is 4.57 Å². The summed E-state index contributed by atoms with van der Waals surface area (Å²) in [6.07, 6.45) is 2.24. The Bertz CT molecular complexity index is 1420. The fourth-order valence-corrected chi connectivity index (χ4v) is 4.64. The first-order valence-corrected chi connectivity index (χ1v) is 12.8. The van der Waals surface area contributed by atoms with E-state index in [1.807, 2.05) is 4.90 Å². The normalized spacial score (nSPS) is 17.2. The average Bonchev–Trinajstić information content (AvgIpc) is 3.36. The van der Waals surface area contributed by atoms with Crippen molar-refractivity contribution in [3.05, 3.63) is 42.5 Å². The number of benzene rings is 1. The predicted molar refractivity (Wildman–Crippen MR) is 139 cm³/mol. The minimum absolute atomic E-state index is 0.0288. The molecule has 1 aromatic carbocycles. The Morgan fingerprint density at radius 3 is 2.41 bits per heavy atom. The van der Waals surface area contributed by atoms with Gasteiger partial charge in [0.2, 0.25) is 17.8 Å². The predicted octanol–water partition coefficient (Wildman–Crippen LogP) is 2.99. The topological polar surface area (TPSA) is 119 Å². The number of rotatable bonds is 7. The number of imidazole rings is 1. The standard InChI is InChI=1S/C25H28F2N10O2/c1-35-8-6-17(7-9-35)39-25-28-14-16(15-29-25)30-22-32-23(36-10-12-38-13-11-36)34-24(33-22)37-19-5-3-2-4-18(19)31-21(37)20(26)27/h2-5,14-15,17,20H,6-13H2,1H3,(H,30,32,33,34). The maximum atomic E-state index is 14.1. The van der Waals surface area contributed by atoms with Crippen LogP contribution < -0.4 is 15.0 Å². The molecule has 12 nitrogen and oxygen atoms in total. The van der Waals surface area contributed by atoms with Crippen LogP contribution in [-0.4, -0.2) is 91.9 Å². The van der Waals surface area contributed by atoms with E-state index in [2.05, 4.69) is 47.2 Å². The molecule has 6 rings (SSSR count). The van der Waals surface area contributed by atoms with E-state index in [0.29, 0.717) is 55.0 Å². The summed E-state index contributed by atoms with van der Waals surface area (Å²) in [5.41, 5.74) is 1.40. The van der Waals surface area contributed by atoms with Crippen molar-refractivity contribution in [2.75, 3.05) is 56.7 Å². The summed E-state index contributed by atoms with van der Waals surface area (Å²) < 4.78 is 40.8. The molecule has 3 aromatic heterocycles. The Labute approximate surface area is 223 Å². The number of piperidine rings is 1. The van der Waals surface area contributed by atoms with Gasteiger partial charge in [0.15, 0.2) is 5.82 Å². The van der Waals surface area contributed by atoms with Gasteiger partial charge in [-0.05, 0) is 32.0 Å². The van der Waals surface area contributed by atoms with Gasteiger partial charge >= 0.3 is 6.01 Å². The maximum Gasteiger partial charge on any atom is 0.316 e. The Morgan fingerprint density at radius 1 is 0.949 bits per heavy atom. The van der Waals surface area contributed by atoms with E-state index in [0.717, 1.165) is 25.9 Å². The Kier molecular flexibility index (Phi) is 7.11.